The summed E-state index contributed by atoms with van der Waals surface area (Å²) >= 11 is 0. The van der Waals surface area contributed by atoms with Crippen LogP contribution in [-0.4, -0.2) is 19.2 Å². The van der Waals surface area contributed by atoms with E-state index in [2.05, 4.69) is 9.47 Å². The monoisotopic (exact) mass is 248 g/mol. The van der Waals surface area contributed by atoms with Gasteiger partial charge in [0.2, 0.25) is 0 Å². The smallest absolute Gasteiger partial charge is 0.387 e. The fourth-order valence-electron chi connectivity index (χ4n) is 1.22. The first-order valence-electron chi connectivity index (χ1n) is 4.91. The molecule has 0 N–H and O–H groups in total. The molecule has 0 bridgehead atoms. The molecule has 94 valence electrons. The Balaban J connectivity index is 2.71. The number of esters is 1. The first-order chi connectivity index (χ1) is 8.02. The Kier molecular flexibility index (Phi) is 4.81. The summed E-state index contributed by atoms with van der Waals surface area (Å²) in [7, 11) is 0. The fraction of sp³-hybridized carbons (Fsp3) is 0.364. The largest absolute Gasteiger partial charge is 0.466 e. The Labute approximate surface area is 96.1 Å². The summed E-state index contributed by atoms with van der Waals surface area (Å²) < 4.78 is 45.5. The van der Waals surface area contributed by atoms with Gasteiger partial charge in [0.25, 0.3) is 0 Å². The minimum atomic E-state index is -3.08. The van der Waals surface area contributed by atoms with Gasteiger partial charge >= 0.3 is 12.6 Å². The van der Waals surface area contributed by atoms with Crippen molar-refractivity contribution in [2.24, 2.45) is 0 Å². The summed E-state index contributed by atoms with van der Waals surface area (Å²) in [5.74, 6) is -1.99. The molecule has 0 amide bonds. The Morgan fingerprint density at radius 3 is 2.65 bits per heavy atom. The lowest BCUT2D eigenvalue weighted by molar-refractivity contribution is -0.142. The number of carbonyl (C=O) groups excluding carboxylic acids is 1. The normalized spacial score (nSPS) is 10.4. The Morgan fingerprint density at radius 2 is 2.12 bits per heavy atom. The maximum atomic E-state index is 13.2. The summed E-state index contributed by atoms with van der Waals surface area (Å²) in [6.45, 7) is -1.20. The molecule has 0 atom stereocenters. The highest BCUT2D eigenvalue weighted by molar-refractivity contribution is 5.72. The van der Waals surface area contributed by atoms with E-state index in [9.17, 15) is 18.0 Å². The van der Waals surface area contributed by atoms with E-state index < -0.39 is 24.1 Å². The fourth-order valence-corrected chi connectivity index (χ4v) is 1.22. The van der Waals surface area contributed by atoms with Gasteiger partial charge in [-0.3, -0.25) is 4.79 Å². The zero-order chi connectivity index (χ0) is 12.8. The molecule has 0 spiro atoms. The molecule has 0 saturated heterocycles. The van der Waals surface area contributed by atoms with Crippen LogP contribution in [0.4, 0.5) is 13.2 Å². The second-order valence-corrected chi connectivity index (χ2v) is 3.13. The summed E-state index contributed by atoms with van der Waals surface area (Å²) in [6, 6.07) is 3.35. The van der Waals surface area contributed by atoms with E-state index in [4.69, 9.17) is 0 Å². The van der Waals surface area contributed by atoms with Gasteiger partial charge in [-0.15, -0.1) is 0 Å². The standard InChI is InChI=1S/C11H11F3O3/c1-2-16-10(15)6-7-3-4-9(8(12)5-7)17-11(13)14/h3-5,11H,2,6H2,1H3. The van der Waals surface area contributed by atoms with Crippen LogP contribution in [0.25, 0.3) is 0 Å². The molecule has 0 aliphatic rings. The third kappa shape index (κ3) is 4.34. The molecule has 0 unspecified atom stereocenters. The number of carbonyl (C=O) groups is 1. The van der Waals surface area contributed by atoms with Gasteiger partial charge in [-0.2, -0.15) is 8.78 Å². The van der Waals surface area contributed by atoms with Gasteiger partial charge in [-0.25, -0.2) is 4.39 Å². The quantitative estimate of drug-likeness (QED) is 0.751. The van der Waals surface area contributed by atoms with Crippen molar-refractivity contribution in [3.63, 3.8) is 0 Å². The van der Waals surface area contributed by atoms with Gasteiger partial charge in [0.05, 0.1) is 13.0 Å². The van der Waals surface area contributed by atoms with Crippen molar-refractivity contribution in [3.05, 3.63) is 29.6 Å². The number of benzene rings is 1. The highest BCUT2D eigenvalue weighted by atomic mass is 19.3. The van der Waals surface area contributed by atoms with Crippen LogP contribution in [0, 0.1) is 5.82 Å². The third-order valence-electron chi connectivity index (χ3n) is 1.87. The third-order valence-corrected chi connectivity index (χ3v) is 1.87. The van der Waals surface area contributed by atoms with E-state index in [1.807, 2.05) is 0 Å². The minimum absolute atomic E-state index is 0.111. The molecule has 17 heavy (non-hydrogen) atoms. The molecule has 0 radical (unpaired) electrons. The van der Waals surface area contributed by atoms with Crippen LogP contribution in [-0.2, 0) is 16.0 Å². The Hall–Kier alpha value is -1.72. The van der Waals surface area contributed by atoms with E-state index in [0.717, 1.165) is 12.1 Å². The molecule has 0 aliphatic heterocycles. The lowest BCUT2D eigenvalue weighted by Crippen LogP contribution is -2.08. The van der Waals surface area contributed by atoms with Gasteiger partial charge in [-0.05, 0) is 24.6 Å². The molecule has 0 aliphatic carbocycles. The van der Waals surface area contributed by atoms with Crippen molar-refractivity contribution in [3.8, 4) is 5.75 Å². The van der Waals surface area contributed by atoms with Crippen molar-refractivity contribution < 1.29 is 27.4 Å². The molecule has 1 rings (SSSR count). The predicted molar refractivity (Wildman–Crippen MR) is 53.4 cm³/mol. The second kappa shape index (κ2) is 6.12. The van der Waals surface area contributed by atoms with Crippen molar-refractivity contribution in [2.45, 2.75) is 20.0 Å². The van der Waals surface area contributed by atoms with Gasteiger partial charge in [0, 0.05) is 0 Å². The molecule has 0 saturated carbocycles. The maximum Gasteiger partial charge on any atom is 0.387 e. The van der Waals surface area contributed by atoms with E-state index in [0.29, 0.717) is 5.56 Å². The summed E-state index contributed by atoms with van der Waals surface area (Å²) in [6.07, 6.45) is -0.111. The van der Waals surface area contributed by atoms with Gasteiger partial charge < -0.3 is 9.47 Å². The van der Waals surface area contributed by atoms with Crippen LogP contribution in [0.1, 0.15) is 12.5 Å². The minimum Gasteiger partial charge on any atom is -0.466 e. The molecule has 0 fully saturated rings. The Morgan fingerprint density at radius 1 is 1.41 bits per heavy atom. The van der Waals surface area contributed by atoms with Crippen LogP contribution < -0.4 is 4.74 Å². The summed E-state index contributed by atoms with van der Waals surface area (Å²) in [4.78, 5) is 11.1. The molecule has 6 heteroatoms. The number of ether oxygens (including phenoxy) is 2. The van der Waals surface area contributed by atoms with E-state index in [-0.39, 0.29) is 13.0 Å². The average Bonchev–Trinajstić information content (AvgIpc) is 2.22. The van der Waals surface area contributed by atoms with E-state index in [1.165, 1.54) is 6.07 Å². The molecular formula is C11H11F3O3. The van der Waals surface area contributed by atoms with Crippen molar-refractivity contribution >= 4 is 5.97 Å². The van der Waals surface area contributed by atoms with Crippen molar-refractivity contribution in [1.82, 2.24) is 0 Å². The lowest BCUT2D eigenvalue weighted by atomic mass is 10.1. The number of rotatable bonds is 5. The van der Waals surface area contributed by atoms with E-state index in [1.54, 1.807) is 6.92 Å². The summed E-state index contributed by atoms with van der Waals surface area (Å²) in [5, 5.41) is 0. The predicted octanol–water partition coefficient (Wildman–Crippen LogP) is 2.53. The zero-order valence-corrected chi connectivity index (χ0v) is 9.08. The SMILES string of the molecule is CCOC(=O)Cc1ccc(OC(F)F)c(F)c1. The highest BCUT2D eigenvalue weighted by Gasteiger charge is 2.12. The number of halogens is 3. The highest BCUT2D eigenvalue weighted by Crippen LogP contribution is 2.20. The molecule has 1 aromatic rings. The molecule has 3 nitrogen and oxygen atoms in total. The Bertz CT molecular complexity index is 394. The first-order valence-corrected chi connectivity index (χ1v) is 4.91. The van der Waals surface area contributed by atoms with Crippen LogP contribution in [0.3, 0.4) is 0 Å². The lowest BCUT2D eigenvalue weighted by Gasteiger charge is -2.07. The van der Waals surface area contributed by atoms with Gasteiger partial charge in [0.15, 0.2) is 11.6 Å². The van der Waals surface area contributed by atoms with Crippen LogP contribution >= 0.6 is 0 Å². The van der Waals surface area contributed by atoms with Crippen LogP contribution in [0.2, 0.25) is 0 Å². The molecular weight excluding hydrogens is 237 g/mol. The topological polar surface area (TPSA) is 35.5 Å². The van der Waals surface area contributed by atoms with Gasteiger partial charge in [0.1, 0.15) is 0 Å². The average molecular weight is 248 g/mol. The maximum absolute atomic E-state index is 13.2. The zero-order valence-electron chi connectivity index (χ0n) is 9.08. The number of hydrogen-bond acceptors (Lipinski definition) is 3. The molecule has 0 aromatic heterocycles. The number of hydrogen-bond donors (Lipinski definition) is 0. The van der Waals surface area contributed by atoms with Crippen LogP contribution in [0.5, 0.6) is 5.75 Å². The van der Waals surface area contributed by atoms with Crippen molar-refractivity contribution in [1.29, 1.82) is 0 Å². The van der Waals surface area contributed by atoms with Gasteiger partial charge in [-0.1, -0.05) is 6.07 Å². The van der Waals surface area contributed by atoms with Crippen LogP contribution in [0.15, 0.2) is 18.2 Å². The first kappa shape index (κ1) is 13.3. The molecule has 0 heterocycles. The van der Waals surface area contributed by atoms with Crippen molar-refractivity contribution in [2.75, 3.05) is 6.61 Å². The molecule has 1 aromatic carbocycles. The summed E-state index contributed by atoms with van der Waals surface area (Å²) in [5.41, 5.74) is 0.336. The van der Waals surface area contributed by atoms with E-state index >= 15 is 0 Å². The second-order valence-electron chi connectivity index (χ2n) is 3.13. The number of alkyl halides is 2.